The minimum atomic E-state index is -0.806. The summed E-state index contributed by atoms with van der Waals surface area (Å²) in [5.41, 5.74) is 7.94. The predicted octanol–water partition coefficient (Wildman–Crippen LogP) is 1.84. The van der Waals surface area contributed by atoms with Crippen molar-refractivity contribution < 1.29 is 19.1 Å². The van der Waals surface area contributed by atoms with Gasteiger partial charge in [0.15, 0.2) is 6.04 Å². The second kappa shape index (κ2) is 15.6. The predicted molar refractivity (Wildman–Crippen MR) is 162 cm³/mol. The van der Waals surface area contributed by atoms with Crippen molar-refractivity contribution in [2.24, 2.45) is 5.73 Å². The molecular weight excluding hydrogens is 534 g/mol. The normalized spacial score (nSPS) is 17.5. The van der Waals surface area contributed by atoms with E-state index in [0.29, 0.717) is 12.4 Å². The molecule has 0 aliphatic carbocycles. The van der Waals surface area contributed by atoms with Crippen molar-refractivity contribution >= 4 is 23.7 Å². The zero-order valence-electron chi connectivity index (χ0n) is 24.8. The Balaban J connectivity index is 0.000000269. The maximum absolute atomic E-state index is 11.5. The maximum atomic E-state index is 11.5. The molecule has 0 spiro atoms. The Kier molecular flexibility index (Phi) is 11.9. The summed E-state index contributed by atoms with van der Waals surface area (Å²) in [5.74, 6) is 6.56. The second-order valence-corrected chi connectivity index (χ2v) is 9.96. The summed E-state index contributed by atoms with van der Waals surface area (Å²) in [7, 11) is 4.90. The van der Waals surface area contributed by atoms with Gasteiger partial charge in [-0.05, 0) is 49.8 Å². The molecule has 3 aliphatic heterocycles. The van der Waals surface area contributed by atoms with Gasteiger partial charge in [-0.2, -0.15) is 0 Å². The number of ether oxygens (including phenoxy) is 1. The first kappa shape index (κ1) is 32.1. The molecule has 0 aromatic heterocycles. The summed E-state index contributed by atoms with van der Waals surface area (Å²) >= 11 is 0. The van der Waals surface area contributed by atoms with Crippen molar-refractivity contribution in [3.63, 3.8) is 0 Å². The number of benzene rings is 2. The van der Waals surface area contributed by atoms with Crippen LogP contribution in [0.5, 0.6) is 5.75 Å². The number of rotatable bonds is 5. The number of carbonyl (C=O) groups excluding carboxylic acids is 3. The Bertz CT molecular complexity index is 1330. The Labute approximate surface area is 247 Å². The standard InChI is InChI=1S/C20H25N5O2.C10H11NO2.CH5N/c1-2-3-10-24-11-13-25(14-12-24)18(21)16-7-4-15(5-8-16)6-9-17-19(26)23-20(27)22-17;1-11-6-7-3-4-8(13-2)5-9(7)10(11)12;1-2/h4-5,7-8,17,21H,2-3,10-14H2,1H3,(H2,22,23,26,27);3-5H,6H2,1-2H3;2H2,1H3/t17-;;/m0../s1. The topological polar surface area (TPSA) is 144 Å². The minimum Gasteiger partial charge on any atom is -0.497 e. The highest BCUT2D eigenvalue weighted by atomic mass is 16.5. The zero-order valence-corrected chi connectivity index (χ0v) is 24.8. The molecule has 0 unspecified atom stereocenters. The summed E-state index contributed by atoms with van der Waals surface area (Å²) in [6.45, 7) is 7.81. The molecule has 5 N–H and O–H groups in total. The van der Waals surface area contributed by atoms with Crippen LogP contribution in [0.2, 0.25) is 0 Å². The first-order valence-electron chi connectivity index (χ1n) is 14.1. The van der Waals surface area contributed by atoms with Crippen molar-refractivity contribution in [3.05, 3.63) is 64.7 Å². The Morgan fingerprint density at radius 1 is 1.07 bits per heavy atom. The van der Waals surface area contributed by atoms with E-state index in [9.17, 15) is 14.4 Å². The van der Waals surface area contributed by atoms with Crippen LogP contribution in [0.25, 0.3) is 0 Å². The lowest BCUT2D eigenvalue weighted by atomic mass is 10.1. The number of unbranched alkanes of at least 4 members (excludes halogenated alkanes) is 1. The van der Waals surface area contributed by atoms with Crippen LogP contribution in [0.3, 0.4) is 0 Å². The number of piperazine rings is 1. The molecule has 0 bridgehead atoms. The third kappa shape index (κ3) is 8.31. The summed E-state index contributed by atoms with van der Waals surface area (Å²) in [6.07, 6.45) is 2.44. The molecule has 224 valence electrons. The summed E-state index contributed by atoms with van der Waals surface area (Å²) in [5, 5.41) is 13.1. The van der Waals surface area contributed by atoms with Crippen LogP contribution in [0, 0.1) is 17.3 Å². The van der Waals surface area contributed by atoms with E-state index in [2.05, 4.69) is 44.9 Å². The van der Waals surface area contributed by atoms with Gasteiger partial charge in [-0.25, -0.2) is 4.79 Å². The fourth-order valence-electron chi connectivity index (χ4n) is 4.70. The first-order chi connectivity index (χ1) is 20.3. The number of amides is 4. The van der Waals surface area contributed by atoms with Gasteiger partial charge in [0.25, 0.3) is 11.8 Å². The molecule has 2 saturated heterocycles. The lowest BCUT2D eigenvalue weighted by Crippen LogP contribution is -2.48. The number of methoxy groups -OCH3 is 1. The lowest BCUT2D eigenvalue weighted by molar-refractivity contribution is -0.119. The number of fused-ring (bicyclic) bond motifs is 1. The third-order valence-corrected chi connectivity index (χ3v) is 7.11. The Morgan fingerprint density at radius 2 is 1.76 bits per heavy atom. The van der Waals surface area contributed by atoms with Crippen LogP contribution < -0.4 is 21.1 Å². The average molecular weight is 576 g/mol. The van der Waals surface area contributed by atoms with Gasteiger partial charge in [-0.1, -0.05) is 43.4 Å². The van der Waals surface area contributed by atoms with Crippen molar-refractivity contribution in [1.82, 2.24) is 25.3 Å². The van der Waals surface area contributed by atoms with E-state index in [4.69, 9.17) is 10.1 Å². The van der Waals surface area contributed by atoms with Crippen LogP contribution in [0.15, 0.2) is 42.5 Å². The monoisotopic (exact) mass is 575 g/mol. The van der Waals surface area contributed by atoms with Crippen molar-refractivity contribution in [3.8, 4) is 17.6 Å². The zero-order chi connectivity index (χ0) is 30.6. The Morgan fingerprint density at radius 3 is 2.36 bits per heavy atom. The fraction of sp³-hybridized carbons (Fsp3) is 0.419. The van der Waals surface area contributed by atoms with Gasteiger partial charge in [0.2, 0.25) is 0 Å². The van der Waals surface area contributed by atoms with Gasteiger partial charge >= 0.3 is 6.03 Å². The number of nitrogens with zero attached hydrogens (tertiary/aromatic N) is 3. The molecule has 0 saturated carbocycles. The van der Waals surface area contributed by atoms with Gasteiger partial charge < -0.3 is 25.6 Å². The van der Waals surface area contributed by atoms with Crippen molar-refractivity contribution in [2.75, 3.05) is 53.9 Å². The van der Waals surface area contributed by atoms with Gasteiger partial charge in [0.05, 0.1) is 7.11 Å². The van der Waals surface area contributed by atoms with E-state index in [1.54, 1.807) is 25.1 Å². The molecular formula is C31H41N7O4. The molecule has 11 nitrogen and oxygen atoms in total. The number of nitrogens with two attached hydrogens (primary N) is 1. The molecule has 3 heterocycles. The van der Waals surface area contributed by atoms with Crippen molar-refractivity contribution in [1.29, 1.82) is 5.41 Å². The third-order valence-electron chi connectivity index (χ3n) is 7.11. The molecule has 11 heteroatoms. The molecule has 42 heavy (non-hydrogen) atoms. The molecule has 2 aromatic carbocycles. The SMILES string of the molecule is CCCCN1CCN(C(=N)c2ccc(C#C[C@@H]3NC(=O)NC3=O)cc2)CC1.CN.COc1ccc2c(c1)C(=O)N(C)C2. The van der Waals surface area contributed by atoms with E-state index >= 15 is 0 Å². The highest BCUT2D eigenvalue weighted by Crippen LogP contribution is 2.25. The number of nitrogens with one attached hydrogen (secondary N) is 3. The molecule has 1 atom stereocenters. The molecule has 4 amide bonds. The first-order valence-corrected chi connectivity index (χ1v) is 14.1. The van der Waals surface area contributed by atoms with E-state index < -0.39 is 18.0 Å². The van der Waals surface area contributed by atoms with E-state index in [0.717, 1.165) is 60.7 Å². The van der Waals surface area contributed by atoms with Crippen LogP contribution in [-0.2, 0) is 11.3 Å². The molecule has 5 rings (SSSR count). The summed E-state index contributed by atoms with van der Waals surface area (Å²) in [6, 6.07) is 11.7. The number of hydrogen-bond acceptors (Lipinski definition) is 7. The summed E-state index contributed by atoms with van der Waals surface area (Å²) in [4.78, 5) is 40.4. The van der Waals surface area contributed by atoms with Gasteiger partial charge in [-0.3, -0.25) is 25.2 Å². The molecule has 2 aromatic rings. The minimum absolute atomic E-state index is 0.0777. The number of urea groups is 1. The number of carbonyl (C=O) groups is 3. The van der Waals surface area contributed by atoms with Crippen LogP contribution >= 0.6 is 0 Å². The van der Waals surface area contributed by atoms with Gasteiger partial charge in [0, 0.05) is 56.5 Å². The highest BCUT2D eigenvalue weighted by Gasteiger charge is 2.27. The smallest absolute Gasteiger partial charge is 0.322 e. The van der Waals surface area contributed by atoms with Crippen LogP contribution in [0.1, 0.15) is 46.8 Å². The van der Waals surface area contributed by atoms with E-state index in [-0.39, 0.29) is 5.91 Å². The largest absolute Gasteiger partial charge is 0.497 e. The average Bonchev–Trinajstić information content (AvgIpc) is 3.51. The lowest BCUT2D eigenvalue weighted by Gasteiger charge is -2.36. The van der Waals surface area contributed by atoms with Gasteiger partial charge in [0.1, 0.15) is 11.6 Å². The second-order valence-electron chi connectivity index (χ2n) is 9.96. The molecule has 0 radical (unpaired) electrons. The quantitative estimate of drug-likeness (QED) is 0.184. The summed E-state index contributed by atoms with van der Waals surface area (Å²) < 4.78 is 5.05. The highest BCUT2D eigenvalue weighted by molar-refractivity contribution is 6.06. The van der Waals surface area contributed by atoms with Crippen molar-refractivity contribution in [2.45, 2.75) is 32.4 Å². The van der Waals surface area contributed by atoms with Crippen LogP contribution in [0.4, 0.5) is 4.79 Å². The van der Waals surface area contributed by atoms with E-state index in [1.807, 2.05) is 36.4 Å². The number of amidine groups is 1. The fourth-order valence-corrected chi connectivity index (χ4v) is 4.70. The number of imide groups is 1. The number of hydrogen-bond donors (Lipinski definition) is 4. The Hall–Kier alpha value is -4.40. The molecule has 3 aliphatic rings. The molecule has 2 fully saturated rings. The maximum Gasteiger partial charge on any atom is 0.322 e. The van der Waals surface area contributed by atoms with E-state index in [1.165, 1.54) is 19.9 Å². The van der Waals surface area contributed by atoms with Crippen LogP contribution in [-0.4, -0.2) is 98.4 Å². The van der Waals surface area contributed by atoms with Gasteiger partial charge in [-0.15, -0.1) is 0 Å².